The standard InChI is InChI=1S/C16H24N2OS/c1-18(13-8-6-12(17)7-9-13)16(19)15-10-11-4-2-3-5-14(11)20-15/h10,12-13H,2-9,17H2,1H3. The van der Waals surface area contributed by atoms with Crippen LogP contribution in [0.15, 0.2) is 6.07 Å². The topological polar surface area (TPSA) is 46.3 Å². The number of fused-ring (bicyclic) bond motifs is 1. The Bertz CT molecular complexity index is 465. The molecule has 3 rings (SSSR count). The second kappa shape index (κ2) is 5.86. The molecule has 0 atom stereocenters. The number of nitrogens with two attached hydrogens (primary N) is 1. The number of hydrogen-bond acceptors (Lipinski definition) is 3. The quantitative estimate of drug-likeness (QED) is 0.911. The van der Waals surface area contributed by atoms with Gasteiger partial charge in [-0.3, -0.25) is 4.79 Å². The number of rotatable bonds is 2. The highest BCUT2D eigenvalue weighted by atomic mass is 32.1. The summed E-state index contributed by atoms with van der Waals surface area (Å²) in [5, 5.41) is 0. The van der Waals surface area contributed by atoms with Crippen molar-refractivity contribution in [1.29, 1.82) is 0 Å². The molecule has 1 amide bonds. The first kappa shape index (κ1) is 14.1. The van der Waals surface area contributed by atoms with Crippen molar-refractivity contribution < 1.29 is 4.79 Å². The molecule has 4 heteroatoms. The van der Waals surface area contributed by atoms with Gasteiger partial charge in [-0.1, -0.05) is 0 Å². The zero-order valence-electron chi connectivity index (χ0n) is 12.2. The van der Waals surface area contributed by atoms with Crippen molar-refractivity contribution in [3.8, 4) is 0 Å². The van der Waals surface area contributed by atoms with E-state index in [4.69, 9.17) is 5.73 Å². The summed E-state index contributed by atoms with van der Waals surface area (Å²) in [7, 11) is 1.96. The maximum Gasteiger partial charge on any atom is 0.263 e. The summed E-state index contributed by atoms with van der Waals surface area (Å²) in [6.07, 6.45) is 9.05. The van der Waals surface area contributed by atoms with Gasteiger partial charge in [-0.25, -0.2) is 0 Å². The maximum atomic E-state index is 12.6. The van der Waals surface area contributed by atoms with Crippen LogP contribution in [-0.2, 0) is 12.8 Å². The van der Waals surface area contributed by atoms with Crippen molar-refractivity contribution in [3.63, 3.8) is 0 Å². The van der Waals surface area contributed by atoms with Gasteiger partial charge in [0.2, 0.25) is 0 Å². The van der Waals surface area contributed by atoms with Crippen LogP contribution >= 0.6 is 11.3 Å². The summed E-state index contributed by atoms with van der Waals surface area (Å²) in [6.45, 7) is 0. The lowest BCUT2D eigenvalue weighted by molar-refractivity contribution is 0.0695. The summed E-state index contributed by atoms with van der Waals surface area (Å²) >= 11 is 1.72. The fourth-order valence-electron chi connectivity index (χ4n) is 3.42. The fraction of sp³-hybridized carbons (Fsp3) is 0.688. The molecular weight excluding hydrogens is 268 g/mol. The van der Waals surface area contributed by atoms with Crippen molar-refractivity contribution in [2.75, 3.05) is 7.05 Å². The highest BCUT2D eigenvalue weighted by Crippen LogP contribution is 2.31. The molecule has 2 N–H and O–H groups in total. The van der Waals surface area contributed by atoms with Gasteiger partial charge in [0.05, 0.1) is 4.88 Å². The molecular formula is C16H24N2OS. The number of aryl methyl sites for hydroxylation is 2. The Morgan fingerprint density at radius 1 is 1.25 bits per heavy atom. The lowest BCUT2D eigenvalue weighted by Crippen LogP contribution is -2.41. The molecule has 0 aromatic carbocycles. The van der Waals surface area contributed by atoms with E-state index < -0.39 is 0 Å². The second-order valence-corrected chi connectivity index (χ2v) is 7.39. The molecule has 20 heavy (non-hydrogen) atoms. The first-order valence-electron chi connectivity index (χ1n) is 7.79. The minimum absolute atomic E-state index is 0.213. The first-order chi connectivity index (χ1) is 9.65. The number of carbonyl (C=O) groups is 1. The smallest absolute Gasteiger partial charge is 0.263 e. The summed E-state index contributed by atoms with van der Waals surface area (Å²) in [5.41, 5.74) is 7.37. The Hall–Kier alpha value is -0.870. The van der Waals surface area contributed by atoms with Crippen LogP contribution in [0.2, 0.25) is 0 Å². The summed E-state index contributed by atoms with van der Waals surface area (Å²) in [5.74, 6) is 0.213. The Balaban J connectivity index is 1.70. The van der Waals surface area contributed by atoms with Gasteiger partial charge in [0, 0.05) is 24.0 Å². The largest absolute Gasteiger partial charge is 0.338 e. The first-order valence-corrected chi connectivity index (χ1v) is 8.61. The zero-order chi connectivity index (χ0) is 14.1. The molecule has 1 aromatic heterocycles. The average molecular weight is 292 g/mol. The normalized spacial score (nSPS) is 26.1. The van der Waals surface area contributed by atoms with Crippen LogP contribution in [0, 0.1) is 0 Å². The van der Waals surface area contributed by atoms with Gasteiger partial charge >= 0.3 is 0 Å². The number of amides is 1. The summed E-state index contributed by atoms with van der Waals surface area (Å²) in [4.78, 5) is 17.0. The lowest BCUT2D eigenvalue weighted by atomic mass is 9.91. The van der Waals surface area contributed by atoms with E-state index in [1.165, 1.54) is 23.3 Å². The van der Waals surface area contributed by atoms with Crippen LogP contribution in [0.25, 0.3) is 0 Å². The van der Waals surface area contributed by atoms with E-state index in [9.17, 15) is 4.79 Å². The molecule has 0 unspecified atom stereocenters. The lowest BCUT2D eigenvalue weighted by Gasteiger charge is -2.33. The molecule has 0 bridgehead atoms. The number of hydrogen-bond donors (Lipinski definition) is 1. The van der Waals surface area contributed by atoms with Crippen LogP contribution in [0.1, 0.15) is 58.6 Å². The molecule has 0 saturated heterocycles. The number of nitrogens with zero attached hydrogens (tertiary/aromatic N) is 1. The van der Waals surface area contributed by atoms with E-state index >= 15 is 0 Å². The van der Waals surface area contributed by atoms with E-state index in [2.05, 4.69) is 6.07 Å². The molecule has 2 aliphatic rings. The Morgan fingerprint density at radius 2 is 1.95 bits per heavy atom. The predicted molar refractivity (Wildman–Crippen MR) is 83.3 cm³/mol. The van der Waals surface area contributed by atoms with Gasteiger partial charge < -0.3 is 10.6 Å². The third kappa shape index (κ3) is 2.77. The SMILES string of the molecule is CN(C(=O)c1cc2c(s1)CCCC2)C1CCC(N)CC1. The van der Waals surface area contributed by atoms with Crippen LogP contribution in [-0.4, -0.2) is 29.9 Å². The van der Waals surface area contributed by atoms with E-state index in [1.807, 2.05) is 11.9 Å². The Morgan fingerprint density at radius 3 is 2.65 bits per heavy atom. The van der Waals surface area contributed by atoms with E-state index in [-0.39, 0.29) is 5.91 Å². The second-order valence-electron chi connectivity index (χ2n) is 6.25. The summed E-state index contributed by atoms with van der Waals surface area (Å²) < 4.78 is 0. The minimum Gasteiger partial charge on any atom is -0.338 e. The van der Waals surface area contributed by atoms with E-state index in [0.29, 0.717) is 12.1 Å². The van der Waals surface area contributed by atoms with Gasteiger partial charge in [0.15, 0.2) is 0 Å². The number of thiophene rings is 1. The van der Waals surface area contributed by atoms with Crippen molar-refractivity contribution in [2.24, 2.45) is 5.73 Å². The molecule has 1 fully saturated rings. The van der Waals surface area contributed by atoms with Gasteiger partial charge in [-0.05, 0) is 63.0 Å². The molecule has 0 radical (unpaired) electrons. The molecule has 3 nitrogen and oxygen atoms in total. The molecule has 110 valence electrons. The number of carbonyl (C=O) groups excluding carboxylic acids is 1. The highest BCUT2D eigenvalue weighted by molar-refractivity contribution is 7.14. The third-order valence-corrected chi connectivity index (χ3v) is 6.04. The Labute approximate surface area is 125 Å². The average Bonchev–Trinajstić information content (AvgIpc) is 2.90. The molecule has 0 aliphatic heterocycles. The predicted octanol–water partition coefficient (Wildman–Crippen LogP) is 2.97. The highest BCUT2D eigenvalue weighted by Gasteiger charge is 2.27. The van der Waals surface area contributed by atoms with E-state index in [1.54, 1.807) is 11.3 Å². The maximum absolute atomic E-state index is 12.6. The van der Waals surface area contributed by atoms with Crippen molar-refractivity contribution in [3.05, 3.63) is 21.4 Å². The van der Waals surface area contributed by atoms with Gasteiger partial charge in [0.25, 0.3) is 5.91 Å². The van der Waals surface area contributed by atoms with Crippen LogP contribution in [0.4, 0.5) is 0 Å². The van der Waals surface area contributed by atoms with Crippen molar-refractivity contribution in [2.45, 2.75) is 63.5 Å². The monoisotopic (exact) mass is 292 g/mol. The molecule has 0 spiro atoms. The van der Waals surface area contributed by atoms with Gasteiger partial charge in [-0.2, -0.15) is 0 Å². The molecule has 2 aliphatic carbocycles. The van der Waals surface area contributed by atoms with E-state index in [0.717, 1.165) is 43.4 Å². The summed E-state index contributed by atoms with van der Waals surface area (Å²) in [6, 6.07) is 2.86. The minimum atomic E-state index is 0.213. The van der Waals surface area contributed by atoms with Gasteiger partial charge in [0.1, 0.15) is 0 Å². The molecule has 1 aromatic rings. The zero-order valence-corrected chi connectivity index (χ0v) is 13.0. The molecule has 1 heterocycles. The third-order valence-electron chi connectivity index (χ3n) is 4.82. The molecule has 1 saturated carbocycles. The van der Waals surface area contributed by atoms with Crippen LogP contribution < -0.4 is 5.73 Å². The van der Waals surface area contributed by atoms with Crippen molar-refractivity contribution >= 4 is 17.2 Å². The van der Waals surface area contributed by atoms with Crippen LogP contribution in [0.3, 0.4) is 0 Å². The van der Waals surface area contributed by atoms with Gasteiger partial charge in [-0.15, -0.1) is 11.3 Å². The van der Waals surface area contributed by atoms with Crippen molar-refractivity contribution in [1.82, 2.24) is 4.90 Å². The Kier molecular flexibility index (Phi) is 4.13. The fourth-order valence-corrected chi connectivity index (χ4v) is 4.66. The van der Waals surface area contributed by atoms with Crippen LogP contribution in [0.5, 0.6) is 0 Å².